The fourth-order valence-electron chi connectivity index (χ4n) is 2.11. The summed E-state index contributed by atoms with van der Waals surface area (Å²) in [4.78, 5) is 13.0. The molecule has 0 radical (unpaired) electrons. The molecule has 0 spiro atoms. The molecule has 2 aromatic rings. The predicted octanol–water partition coefficient (Wildman–Crippen LogP) is 2.40. The molecule has 0 aromatic heterocycles. The van der Waals surface area contributed by atoms with E-state index in [9.17, 15) is 4.79 Å². The lowest BCUT2D eigenvalue weighted by Gasteiger charge is -2.21. The van der Waals surface area contributed by atoms with Gasteiger partial charge in [-0.3, -0.25) is 4.79 Å². The van der Waals surface area contributed by atoms with Crippen LogP contribution in [0.3, 0.4) is 0 Å². The first-order chi connectivity index (χ1) is 10.3. The van der Waals surface area contributed by atoms with Crippen LogP contribution in [0, 0.1) is 11.8 Å². The van der Waals surface area contributed by atoms with Crippen LogP contribution in [0.25, 0.3) is 0 Å². The van der Waals surface area contributed by atoms with Crippen molar-refractivity contribution in [1.82, 2.24) is 5.32 Å². The van der Waals surface area contributed by atoms with Gasteiger partial charge in [-0.2, -0.15) is 0 Å². The molecule has 0 saturated carbocycles. The van der Waals surface area contributed by atoms with Crippen molar-refractivity contribution in [1.29, 1.82) is 0 Å². The zero-order chi connectivity index (χ0) is 15.1. The summed E-state index contributed by atoms with van der Waals surface area (Å²) in [6, 6.07) is 15.6. The number of nitrogens with zero attached hydrogens (tertiary/aromatic N) is 1. The second kappa shape index (κ2) is 7.28. The third-order valence-corrected chi connectivity index (χ3v) is 3.03. The summed E-state index contributed by atoms with van der Waals surface area (Å²) in [6.07, 6.45) is 0.864. The Balaban J connectivity index is 0.000000497. The molecular weight excluding hydrogens is 260 g/mol. The summed E-state index contributed by atoms with van der Waals surface area (Å²) in [5, 5.41) is 2.75. The van der Waals surface area contributed by atoms with Crippen LogP contribution >= 0.6 is 0 Å². The Labute approximate surface area is 125 Å². The van der Waals surface area contributed by atoms with E-state index < -0.39 is 0 Å². The zero-order valence-electron chi connectivity index (χ0n) is 12.3. The van der Waals surface area contributed by atoms with Gasteiger partial charge in [-0.05, 0) is 37.9 Å². The van der Waals surface area contributed by atoms with Gasteiger partial charge < -0.3 is 10.2 Å². The number of carbonyl (C=O) groups excluding carboxylic acids is 1. The lowest BCUT2D eigenvalue weighted by Crippen LogP contribution is -2.22. The number of amides is 1. The van der Waals surface area contributed by atoms with E-state index in [2.05, 4.69) is 17.2 Å². The van der Waals surface area contributed by atoms with Crippen LogP contribution < -0.4 is 10.2 Å². The Kier molecular flexibility index (Phi) is 5.14. The SMILES string of the molecule is CNC.O=CN1Cc2ccccc2C#Cc2ccccc21. The third-order valence-electron chi connectivity index (χ3n) is 3.03. The van der Waals surface area contributed by atoms with E-state index in [0.717, 1.165) is 28.8 Å². The number of benzene rings is 2. The minimum atomic E-state index is 0.561. The molecular formula is C18H18N2O. The Morgan fingerprint density at radius 3 is 2.29 bits per heavy atom. The molecule has 0 unspecified atom stereocenters. The fourth-order valence-corrected chi connectivity index (χ4v) is 2.11. The number of hydrogen-bond acceptors (Lipinski definition) is 2. The maximum atomic E-state index is 11.3. The first-order valence-corrected chi connectivity index (χ1v) is 6.79. The van der Waals surface area contributed by atoms with Gasteiger partial charge in [0, 0.05) is 11.1 Å². The van der Waals surface area contributed by atoms with Crippen molar-refractivity contribution in [2.24, 2.45) is 0 Å². The summed E-state index contributed by atoms with van der Waals surface area (Å²) < 4.78 is 0. The van der Waals surface area contributed by atoms with E-state index in [0.29, 0.717) is 6.54 Å². The van der Waals surface area contributed by atoms with Crippen LogP contribution in [0.15, 0.2) is 48.5 Å². The predicted molar refractivity (Wildman–Crippen MR) is 86.1 cm³/mol. The first kappa shape index (κ1) is 14.8. The number of rotatable bonds is 1. The zero-order valence-corrected chi connectivity index (χ0v) is 12.3. The number of hydrogen-bond donors (Lipinski definition) is 1. The van der Waals surface area contributed by atoms with Crippen LogP contribution in [0.1, 0.15) is 16.7 Å². The second-order valence-corrected chi connectivity index (χ2v) is 4.66. The summed E-state index contributed by atoms with van der Waals surface area (Å²) in [5.41, 5.74) is 3.82. The smallest absolute Gasteiger partial charge is 0.214 e. The van der Waals surface area contributed by atoms with E-state index in [4.69, 9.17) is 0 Å². The minimum absolute atomic E-state index is 0.561. The maximum Gasteiger partial charge on any atom is 0.214 e. The van der Waals surface area contributed by atoms with Gasteiger partial charge in [-0.1, -0.05) is 42.2 Å². The van der Waals surface area contributed by atoms with Crippen LogP contribution in [-0.4, -0.2) is 20.5 Å². The summed E-state index contributed by atoms with van der Waals surface area (Å²) in [7, 11) is 3.75. The molecule has 3 heteroatoms. The molecule has 0 saturated heterocycles. The van der Waals surface area contributed by atoms with Crippen LogP contribution in [0.5, 0.6) is 0 Å². The van der Waals surface area contributed by atoms with Crippen LogP contribution in [0.4, 0.5) is 5.69 Å². The van der Waals surface area contributed by atoms with Crippen molar-refractivity contribution in [2.75, 3.05) is 19.0 Å². The number of para-hydroxylation sites is 1. The van der Waals surface area contributed by atoms with E-state index in [1.165, 1.54) is 0 Å². The lowest BCUT2D eigenvalue weighted by molar-refractivity contribution is -0.107. The highest BCUT2D eigenvalue weighted by atomic mass is 16.1. The van der Waals surface area contributed by atoms with Gasteiger partial charge >= 0.3 is 0 Å². The topological polar surface area (TPSA) is 32.3 Å². The van der Waals surface area contributed by atoms with Gasteiger partial charge in [0.05, 0.1) is 12.2 Å². The van der Waals surface area contributed by atoms with Crippen molar-refractivity contribution in [2.45, 2.75) is 6.54 Å². The van der Waals surface area contributed by atoms with Crippen molar-refractivity contribution in [3.63, 3.8) is 0 Å². The van der Waals surface area contributed by atoms with Gasteiger partial charge in [-0.15, -0.1) is 0 Å². The van der Waals surface area contributed by atoms with Crippen molar-refractivity contribution >= 4 is 12.1 Å². The van der Waals surface area contributed by atoms with Gasteiger partial charge in [-0.25, -0.2) is 0 Å². The molecule has 21 heavy (non-hydrogen) atoms. The molecule has 1 heterocycles. The Bertz CT molecular complexity index is 683. The molecule has 0 aliphatic carbocycles. The van der Waals surface area contributed by atoms with Crippen molar-refractivity contribution in [3.05, 3.63) is 65.2 Å². The van der Waals surface area contributed by atoms with Crippen molar-refractivity contribution in [3.8, 4) is 11.8 Å². The average molecular weight is 278 g/mol. The highest BCUT2D eigenvalue weighted by Crippen LogP contribution is 2.23. The van der Waals surface area contributed by atoms with Crippen LogP contribution in [0.2, 0.25) is 0 Å². The Hall–Kier alpha value is -2.57. The molecule has 0 fully saturated rings. The maximum absolute atomic E-state index is 11.3. The molecule has 1 aliphatic rings. The average Bonchev–Trinajstić information content (AvgIpc) is 2.50. The van der Waals surface area contributed by atoms with Gasteiger partial charge in [0.25, 0.3) is 0 Å². The van der Waals surface area contributed by atoms with Gasteiger partial charge in [0.2, 0.25) is 6.41 Å². The highest BCUT2D eigenvalue weighted by molar-refractivity contribution is 5.80. The molecule has 1 amide bonds. The normalized spacial score (nSPS) is 11.4. The van der Waals surface area contributed by atoms with Crippen LogP contribution in [-0.2, 0) is 11.3 Å². The summed E-state index contributed by atoms with van der Waals surface area (Å²) >= 11 is 0. The Morgan fingerprint density at radius 2 is 1.57 bits per heavy atom. The van der Waals surface area contributed by atoms with E-state index in [1.54, 1.807) is 4.90 Å². The quantitative estimate of drug-likeness (QED) is 0.642. The summed E-state index contributed by atoms with van der Waals surface area (Å²) in [6.45, 7) is 0.561. The molecule has 3 rings (SSSR count). The first-order valence-electron chi connectivity index (χ1n) is 6.79. The minimum Gasteiger partial charge on any atom is -0.323 e. The van der Waals surface area contributed by atoms with Gasteiger partial charge in [0.1, 0.15) is 0 Å². The van der Waals surface area contributed by atoms with Crippen molar-refractivity contribution < 1.29 is 4.79 Å². The molecule has 2 aromatic carbocycles. The lowest BCUT2D eigenvalue weighted by atomic mass is 10.0. The molecule has 0 bridgehead atoms. The monoisotopic (exact) mass is 278 g/mol. The number of anilines is 1. The summed E-state index contributed by atoms with van der Waals surface area (Å²) in [5.74, 6) is 6.31. The molecule has 1 N–H and O–H groups in total. The van der Waals surface area contributed by atoms with E-state index >= 15 is 0 Å². The van der Waals surface area contributed by atoms with E-state index in [1.807, 2.05) is 62.6 Å². The highest BCUT2D eigenvalue weighted by Gasteiger charge is 2.13. The Morgan fingerprint density at radius 1 is 1.00 bits per heavy atom. The number of carbonyl (C=O) groups is 1. The second-order valence-electron chi connectivity index (χ2n) is 4.66. The van der Waals surface area contributed by atoms with Gasteiger partial charge in [0.15, 0.2) is 0 Å². The molecule has 3 nitrogen and oxygen atoms in total. The largest absolute Gasteiger partial charge is 0.323 e. The number of nitrogens with one attached hydrogen (secondary N) is 1. The number of fused-ring (bicyclic) bond motifs is 2. The van der Waals surface area contributed by atoms with E-state index in [-0.39, 0.29) is 0 Å². The molecule has 0 atom stereocenters. The molecule has 1 aliphatic heterocycles. The molecule has 106 valence electrons. The standard InChI is InChI=1S/C16H11NO.C2H7N/c18-12-17-11-15-7-2-1-5-13(15)9-10-14-6-3-4-8-16(14)17;1-3-2/h1-8,12H,11H2;3H,1-2H3. The fraction of sp³-hybridized carbons (Fsp3) is 0.167. The third kappa shape index (κ3) is 3.50.